The first kappa shape index (κ1) is 13.7. The summed E-state index contributed by atoms with van der Waals surface area (Å²) in [5.41, 5.74) is 0. The van der Waals surface area contributed by atoms with Gasteiger partial charge in [0.25, 0.3) is 0 Å². The molecule has 0 bridgehead atoms. The molecule has 5 nitrogen and oxygen atoms in total. The van der Waals surface area contributed by atoms with E-state index in [9.17, 15) is 4.79 Å². The molecule has 3 atom stereocenters. The number of fused-ring (bicyclic) bond motifs is 1. The molecule has 0 spiro atoms. The van der Waals surface area contributed by atoms with Gasteiger partial charge in [-0.2, -0.15) is 11.8 Å². The van der Waals surface area contributed by atoms with E-state index in [1.807, 2.05) is 11.8 Å². The summed E-state index contributed by atoms with van der Waals surface area (Å²) in [5.74, 6) is 2.11. The Morgan fingerprint density at radius 2 is 2.47 bits per heavy atom. The average Bonchev–Trinajstić information content (AvgIpc) is 2.93. The first-order valence-corrected chi connectivity index (χ1v) is 8.43. The fraction of sp³-hybridized carbons (Fsp3) is 0.923. The highest BCUT2D eigenvalue weighted by molar-refractivity contribution is 7.99. The lowest BCUT2D eigenvalue weighted by atomic mass is 10.2. The minimum absolute atomic E-state index is 0.0260. The number of ether oxygens (including phenoxy) is 1. The molecule has 3 aliphatic rings. The van der Waals surface area contributed by atoms with Crippen molar-refractivity contribution in [1.82, 2.24) is 15.5 Å². The number of amides is 1. The summed E-state index contributed by atoms with van der Waals surface area (Å²) in [7, 11) is 0. The maximum atomic E-state index is 12.0. The molecule has 3 rings (SSSR count). The molecule has 3 saturated heterocycles. The summed E-state index contributed by atoms with van der Waals surface area (Å²) in [4.78, 5) is 14.5. The highest BCUT2D eigenvalue weighted by Crippen LogP contribution is 2.22. The van der Waals surface area contributed by atoms with Gasteiger partial charge in [0.05, 0.1) is 18.8 Å². The zero-order chi connectivity index (χ0) is 13.1. The van der Waals surface area contributed by atoms with Crippen molar-refractivity contribution < 1.29 is 9.53 Å². The molecular weight excluding hydrogens is 262 g/mol. The van der Waals surface area contributed by atoms with Gasteiger partial charge in [0.1, 0.15) is 0 Å². The van der Waals surface area contributed by atoms with Crippen LogP contribution in [0.1, 0.15) is 12.8 Å². The van der Waals surface area contributed by atoms with Crippen LogP contribution in [-0.2, 0) is 9.53 Å². The van der Waals surface area contributed by atoms with Crippen LogP contribution in [0.4, 0.5) is 0 Å². The Balaban J connectivity index is 1.40. The second kappa shape index (κ2) is 6.43. The standard InChI is InChI=1S/C13H23N3O2S/c17-13(12-9-19-5-3-14-12)15-6-11-7-16-4-1-2-10(16)8-18-11/h10-12,14H,1-9H2,(H,15,17). The largest absolute Gasteiger partial charge is 0.373 e. The van der Waals surface area contributed by atoms with E-state index in [1.165, 1.54) is 19.4 Å². The molecule has 0 aromatic heterocycles. The van der Waals surface area contributed by atoms with Crippen LogP contribution in [-0.4, -0.2) is 73.3 Å². The minimum Gasteiger partial charge on any atom is -0.373 e. The SMILES string of the molecule is O=C(NCC1CN2CCCC2CO1)C1CSCCN1. The lowest BCUT2D eigenvalue weighted by molar-refractivity contribution is -0.124. The Labute approximate surface area is 118 Å². The first-order chi connectivity index (χ1) is 9.33. The van der Waals surface area contributed by atoms with E-state index in [-0.39, 0.29) is 18.1 Å². The van der Waals surface area contributed by atoms with Crippen LogP contribution in [0.2, 0.25) is 0 Å². The summed E-state index contributed by atoms with van der Waals surface area (Å²) >= 11 is 1.84. The highest BCUT2D eigenvalue weighted by Gasteiger charge is 2.32. The van der Waals surface area contributed by atoms with E-state index < -0.39 is 0 Å². The molecule has 0 aromatic rings. The van der Waals surface area contributed by atoms with Crippen LogP contribution in [0.3, 0.4) is 0 Å². The van der Waals surface area contributed by atoms with Crippen LogP contribution in [0.25, 0.3) is 0 Å². The Kier molecular flexibility index (Phi) is 4.63. The van der Waals surface area contributed by atoms with Gasteiger partial charge in [-0.15, -0.1) is 0 Å². The second-order valence-electron chi connectivity index (χ2n) is 5.57. The van der Waals surface area contributed by atoms with Crippen LogP contribution < -0.4 is 10.6 Å². The van der Waals surface area contributed by atoms with Crippen LogP contribution in [0, 0.1) is 0 Å². The number of morpholine rings is 1. The van der Waals surface area contributed by atoms with Crippen molar-refractivity contribution in [2.24, 2.45) is 0 Å². The number of nitrogens with zero attached hydrogens (tertiary/aromatic N) is 1. The normalized spacial score (nSPS) is 35.9. The molecule has 19 heavy (non-hydrogen) atoms. The molecule has 3 aliphatic heterocycles. The number of hydrogen-bond acceptors (Lipinski definition) is 5. The molecular formula is C13H23N3O2S. The van der Waals surface area contributed by atoms with Crippen molar-refractivity contribution in [2.45, 2.75) is 31.0 Å². The predicted octanol–water partition coefficient (Wildman–Crippen LogP) is -0.329. The van der Waals surface area contributed by atoms with Gasteiger partial charge < -0.3 is 15.4 Å². The smallest absolute Gasteiger partial charge is 0.238 e. The van der Waals surface area contributed by atoms with E-state index in [1.54, 1.807) is 0 Å². The van der Waals surface area contributed by atoms with Crippen LogP contribution >= 0.6 is 11.8 Å². The Hall–Kier alpha value is -0.300. The second-order valence-corrected chi connectivity index (χ2v) is 6.72. The van der Waals surface area contributed by atoms with Crippen LogP contribution in [0.5, 0.6) is 0 Å². The monoisotopic (exact) mass is 285 g/mol. The molecule has 6 heteroatoms. The zero-order valence-electron chi connectivity index (χ0n) is 11.3. The van der Waals surface area contributed by atoms with E-state index in [0.717, 1.165) is 31.2 Å². The van der Waals surface area contributed by atoms with Gasteiger partial charge in [0.15, 0.2) is 0 Å². The molecule has 3 heterocycles. The van der Waals surface area contributed by atoms with Gasteiger partial charge >= 0.3 is 0 Å². The predicted molar refractivity (Wildman–Crippen MR) is 76.5 cm³/mol. The van der Waals surface area contributed by atoms with Crippen molar-refractivity contribution in [3.63, 3.8) is 0 Å². The van der Waals surface area contributed by atoms with Crippen molar-refractivity contribution in [3.05, 3.63) is 0 Å². The molecule has 108 valence electrons. The Bertz CT molecular complexity index is 323. The van der Waals surface area contributed by atoms with Gasteiger partial charge in [-0.3, -0.25) is 9.69 Å². The lowest BCUT2D eigenvalue weighted by Crippen LogP contribution is -2.53. The van der Waals surface area contributed by atoms with Crippen molar-refractivity contribution in [2.75, 3.05) is 44.3 Å². The van der Waals surface area contributed by atoms with Gasteiger partial charge in [-0.05, 0) is 19.4 Å². The van der Waals surface area contributed by atoms with E-state index >= 15 is 0 Å². The quantitative estimate of drug-likeness (QED) is 0.744. The van der Waals surface area contributed by atoms with Crippen LogP contribution in [0.15, 0.2) is 0 Å². The van der Waals surface area contributed by atoms with Gasteiger partial charge in [-0.25, -0.2) is 0 Å². The topological polar surface area (TPSA) is 53.6 Å². The summed E-state index contributed by atoms with van der Waals surface area (Å²) in [5, 5.41) is 6.30. The average molecular weight is 285 g/mol. The third kappa shape index (κ3) is 3.42. The fourth-order valence-electron chi connectivity index (χ4n) is 3.08. The highest BCUT2D eigenvalue weighted by atomic mass is 32.2. The number of carbonyl (C=O) groups is 1. The number of rotatable bonds is 3. The lowest BCUT2D eigenvalue weighted by Gasteiger charge is -2.35. The van der Waals surface area contributed by atoms with Gasteiger partial charge in [0.2, 0.25) is 5.91 Å². The Morgan fingerprint density at radius 3 is 3.32 bits per heavy atom. The maximum absolute atomic E-state index is 12.0. The number of thioether (sulfide) groups is 1. The van der Waals surface area contributed by atoms with Crippen molar-refractivity contribution in [1.29, 1.82) is 0 Å². The summed E-state index contributed by atoms with van der Waals surface area (Å²) in [6, 6.07) is 0.602. The van der Waals surface area contributed by atoms with E-state index in [4.69, 9.17) is 4.74 Å². The zero-order valence-corrected chi connectivity index (χ0v) is 12.1. The number of carbonyl (C=O) groups excluding carboxylic acids is 1. The molecule has 2 N–H and O–H groups in total. The molecule has 0 saturated carbocycles. The van der Waals surface area contributed by atoms with Gasteiger partial charge in [-0.1, -0.05) is 0 Å². The maximum Gasteiger partial charge on any atom is 0.238 e. The molecule has 3 fully saturated rings. The fourth-order valence-corrected chi connectivity index (χ4v) is 4.01. The molecule has 0 aromatic carbocycles. The van der Waals surface area contributed by atoms with Crippen molar-refractivity contribution >= 4 is 17.7 Å². The molecule has 3 unspecified atom stereocenters. The van der Waals surface area contributed by atoms with Gasteiger partial charge in [0, 0.05) is 37.2 Å². The molecule has 1 amide bonds. The number of nitrogens with one attached hydrogen (secondary N) is 2. The number of hydrogen-bond donors (Lipinski definition) is 2. The molecule has 0 aliphatic carbocycles. The summed E-state index contributed by atoms with van der Waals surface area (Å²) < 4.78 is 5.85. The third-order valence-corrected chi connectivity index (χ3v) is 5.27. The molecule has 0 radical (unpaired) electrons. The Morgan fingerprint density at radius 1 is 1.53 bits per heavy atom. The van der Waals surface area contributed by atoms with E-state index in [0.29, 0.717) is 12.6 Å². The summed E-state index contributed by atoms with van der Waals surface area (Å²) in [6.45, 7) is 4.57. The van der Waals surface area contributed by atoms with E-state index in [2.05, 4.69) is 15.5 Å². The minimum atomic E-state index is -0.0260. The third-order valence-electron chi connectivity index (χ3n) is 4.20. The first-order valence-electron chi connectivity index (χ1n) is 7.27. The summed E-state index contributed by atoms with van der Waals surface area (Å²) in [6.07, 6.45) is 2.72. The van der Waals surface area contributed by atoms with Crippen molar-refractivity contribution in [3.8, 4) is 0 Å².